The molecule has 7 rings (SSSR count). The van der Waals surface area contributed by atoms with Crippen molar-refractivity contribution in [2.45, 2.75) is 96.0 Å². The van der Waals surface area contributed by atoms with Crippen molar-refractivity contribution in [2.75, 3.05) is 19.8 Å². The van der Waals surface area contributed by atoms with Gasteiger partial charge in [0.05, 0.1) is 59.3 Å². The molecule has 64 heavy (non-hydrogen) atoms. The first kappa shape index (κ1) is 46.4. The first-order chi connectivity index (χ1) is 31.4. The monoisotopic (exact) mass is 866 g/mol. The van der Waals surface area contributed by atoms with E-state index >= 15 is 0 Å². The van der Waals surface area contributed by atoms with Crippen molar-refractivity contribution in [3.63, 3.8) is 0 Å². The minimum absolute atomic E-state index is 0.0158. The maximum Gasteiger partial charge on any atom is 0.306 e. The van der Waals surface area contributed by atoms with Gasteiger partial charge >= 0.3 is 5.97 Å². The predicted octanol–water partition coefficient (Wildman–Crippen LogP) is 9.74. The van der Waals surface area contributed by atoms with E-state index in [0.29, 0.717) is 19.8 Å². The Morgan fingerprint density at radius 1 is 0.547 bits per heavy atom. The van der Waals surface area contributed by atoms with Crippen molar-refractivity contribution in [3.05, 3.63) is 192 Å². The first-order valence-corrected chi connectivity index (χ1v) is 22.0. The molecule has 6 aromatic carbocycles. The standard InChI is InChI=1S/C54H58O10/c1-40(55)26-29-52(56)63-48-31-53(64-49(48)37-57-32-41-16-6-2-7-17-41)61-39-51(60-35-43-20-10-4-11-21-43)54(62-36-44-22-12-5-13-23-44)50(59-34-42-18-8-3-9-19-42)38-58-33-45-27-28-46-24-14-15-25-47(46)30-45/h2-25,27-28,30,48-51,53-54H,26,29,31-39H2,1H3/t48?,49-,50?,51?,53-,54?/m1/s1. The molecule has 0 radical (unpaired) electrons. The number of carbonyl (C=O) groups is 2. The minimum atomic E-state index is -0.763. The van der Waals surface area contributed by atoms with Gasteiger partial charge in [0.15, 0.2) is 6.29 Å². The maximum atomic E-state index is 12.9. The lowest BCUT2D eigenvalue weighted by molar-refractivity contribution is -0.208. The van der Waals surface area contributed by atoms with Crippen LogP contribution in [0.15, 0.2) is 164 Å². The van der Waals surface area contributed by atoms with Crippen LogP contribution < -0.4 is 0 Å². The average Bonchev–Trinajstić information content (AvgIpc) is 3.71. The van der Waals surface area contributed by atoms with Crippen LogP contribution in [0.2, 0.25) is 0 Å². The molecule has 0 bridgehead atoms. The number of carbonyl (C=O) groups excluding carboxylic acids is 2. The topological polar surface area (TPSA) is 108 Å². The van der Waals surface area contributed by atoms with Crippen LogP contribution in [-0.2, 0) is 80.5 Å². The number of esters is 1. The molecule has 6 atom stereocenters. The van der Waals surface area contributed by atoms with Gasteiger partial charge in [-0.15, -0.1) is 0 Å². The summed E-state index contributed by atoms with van der Waals surface area (Å²) in [6.07, 6.45) is -3.64. The molecule has 0 aliphatic carbocycles. The zero-order valence-corrected chi connectivity index (χ0v) is 36.4. The van der Waals surface area contributed by atoms with Gasteiger partial charge in [-0.3, -0.25) is 4.79 Å². The summed E-state index contributed by atoms with van der Waals surface area (Å²) in [5, 5.41) is 2.31. The molecule has 10 heteroatoms. The van der Waals surface area contributed by atoms with Crippen LogP contribution in [0.25, 0.3) is 10.8 Å². The van der Waals surface area contributed by atoms with Gasteiger partial charge in [-0.1, -0.05) is 158 Å². The third-order valence-electron chi connectivity index (χ3n) is 11.0. The second-order valence-corrected chi connectivity index (χ2v) is 16.0. The van der Waals surface area contributed by atoms with Crippen molar-refractivity contribution in [1.82, 2.24) is 0 Å². The van der Waals surface area contributed by atoms with Crippen LogP contribution in [0, 0.1) is 0 Å². The van der Waals surface area contributed by atoms with Gasteiger partial charge in [0.2, 0.25) is 0 Å². The second kappa shape index (κ2) is 25.1. The zero-order valence-electron chi connectivity index (χ0n) is 36.4. The van der Waals surface area contributed by atoms with E-state index in [-0.39, 0.29) is 58.1 Å². The number of hydrogen-bond acceptors (Lipinski definition) is 10. The van der Waals surface area contributed by atoms with Crippen molar-refractivity contribution < 1.29 is 47.5 Å². The summed E-state index contributed by atoms with van der Waals surface area (Å²) in [5.74, 6) is -0.558. The lowest BCUT2D eigenvalue weighted by Gasteiger charge is -2.34. The van der Waals surface area contributed by atoms with Crippen LogP contribution in [0.1, 0.15) is 54.0 Å². The molecule has 0 amide bonds. The van der Waals surface area contributed by atoms with Crippen molar-refractivity contribution >= 4 is 22.5 Å². The van der Waals surface area contributed by atoms with Crippen molar-refractivity contribution in [2.24, 2.45) is 0 Å². The number of Topliss-reactive ketones (excluding diaryl/α,β-unsaturated/α-hetero) is 1. The van der Waals surface area contributed by atoms with Crippen LogP contribution in [-0.4, -0.2) is 68.4 Å². The molecule has 0 spiro atoms. The van der Waals surface area contributed by atoms with E-state index in [2.05, 4.69) is 30.3 Å². The van der Waals surface area contributed by atoms with Crippen LogP contribution in [0.5, 0.6) is 0 Å². The van der Waals surface area contributed by atoms with Gasteiger partial charge in [-0.25, -0.2) is 0 Å². The normalized spacial score (nSPS) is 17.5. The molecule has 0 N–H and O–H groups in total. The van der Waals surface area contributed by atoms with Gasteiger partial charge in [0.25, 0.3) is 0 Å². The maximum absolute atomic E-state index is 12.9. The van der Waals surface area contributed by atoms with Crippen molar-refractivity contribution in [1.29, 1.82) is 0 Å². The molecule has 0 saturated carbocycles. The predicted molar refractivity (Wildman–Crippen MR) is 244 cm³/mol. The summed E-state index contributed by atoms with van der Waals surface area (Å²) in [7, 11) is 0. The fourth-order valence-electron chi connectivity index (χ4n) is 7.51. The molecule has 1 aliphatic rings. The number of ether oxygens (including phenoxy) is 8. The molecule has 0 aromatic heterocycles. The molecule has 10 nitrogen and oxygen atoms in total. The second-order valence-electron chi connectivity index (χ2n) is 16.0. The van der Waals surface area contributed by atoms with E-state index in [0.717, 1.165) is 38.6 Å². The van der Waals surface area contributed by atoms with E-state index in [4.69, 9.17) is 37.9 Å². The molecule has 1 aliphatic heterocycles. The summed E-state index contributed by atoms with van der Waals surface area (Å²) in [4.78, 5) is 24.6. The Kier molecular flexibility index (Phi) is 18.2. The fourth-order valence-corrected chi connectivity index (χ4v) is 7.51. The Labute approximate surface area is 376 Å². The number of fused-ring (bicyclic) bond motifs is 1. The van der Waals surface area contributed by atoms with E-state index < -0.39 is 42.8 Å². The number of hydrogen-bond donors (Lipinski definition) is 0. The smallest absolute Gasteiger partial charge is 0.306 e. The van der Waals surface area contributed by atoms with Crippen LogP contribution >= 0.6 is 0 Å². The lowest BCUT2D eigenvalue weighted by Crippen LogP contribution is -2.47. The Balaban J connectivity index is 1.12. The van der Waals surface area contributed by atoms with E-state index in [1.54, 1.807) is 0 Å². The zero-order chi connectivity index (χ0) is 44.2. The molecule has 334 valence electrons. The quantitative estimate of drug-likeness (QED) is 0.0489. The first-order valence-electron chi connectivity index (χ1n) is 22.0. The van der Waals surface area contributed by atoms with Crippen LogP contribution in [0.4, 0.5) is 0 Å². The van der Waals surface area contributed by atoms with Crippen LogP contribution in [0.3, 0.4) is 0 Å². The molecule has 6 aromatic rings. The minimum Gasteiger partial charge on any atom is -0.459 e. The van der Waals surface area contributed by atoms with E-state index in [9.17, 15) is 9.59 Å². The Bertz CT molecular complexity index is 2270. The van der Waals surface area contributed by atoms with Gasteiger partial charge in [0, 0.05) is 12.8 Å². The number of rotatable bonds is 26. The molecular formula is C54H58O10. The largest absolute Gasteiger partial charge is 0.459 e. The summed E-state index contributed by atoms with van der Waals surface area (Å²) in [6, 6.07) is 54.4. The number of benzene rings is 6. The highest BCUT2D eigenvalue weighted by Gasteiger charge is 2.41. The number of ketones is 1. The third kappa shape index (κ3) is 15.0. The van der Waals surface area contributed by atoms with E-state index in [1.807, 2.05) is 133 Å². The van der Waals surface area contributed by atoms with E-state index in [1.165, 1.54) is 6.92 Å². The highest BCUT2D eigenvalue weighted by Crippen LogP contribution is 2.28. The average molecular weight is 867 g/mol. The lowest BCUT2D eigenvalue weighted by atomic mass is 10.1. The molecule has 1 saturated heterocycles. The molecule has 1 fully saturated rings. The summed E-state index contributed by atoms with van der Waals surface area (Å²) in [6.45, 7) is 3.47. The molecular weight excluding hydrogens is 809 g/mol. The highest BCUT2D eigenvalue weighted by atomic mass is 16.7. The summed E-state index contributed by atoms with van der Waals surface area (Å²) < 4.78 is 51.9. The van der Waals surface area contributed by atoms with Crippen molar-refractivity contribution in [3.8, 4) is 0 Å². The Hall–Kier alpha value is -5.56. The molecule has 1 heterocycles. The highest BCUT2D eigenvalue weighted by molar-refractivity contribution is 5.83. The molecule has 4 unspecified atom stereocenters. The SMILES string of the molecule is CC(=O)CCC(=O)OC1C[C@H](OCC(OCc2ccccc2)C(OCc2ccccc2)C(COCc2ccc3ccccc3c2)OCc2ccccc2)O[C@@H]1COCc1ccccc1. The Morgan fingerprint density at radius 3 is 1.66 bits per heavy atom. The fraction of sp³-hybridized carbons (Fsp3) is 0.333. The summed E-state index contributed by atoms with van der Waals surface area (Å²) in [5.41, 5.74) is 5.02. The van der Waals surface area contributed by atoms with Gasteiger partial charge in [-0.2, -0.15) is 0 Å². The van der Waals surface area contributed by atoms with Gasteiger partial charge in [0.1, 0.15) is 36.3 Å². The van der Waals surface area contributed by atoms with Gasteiger partial charge in [-0.05, 0) is 51.6 Å². The third-order valence-corrected chi connectivity index (χ3v) is 11.0. The Morgan fingerprint density at radius 2 is 1.06 bits per heavy atom. The van der Waals surface area contributed by atoms with Gasteiger partial charge < -0.3 is 42.7 Å². The summed E-state index contributed by atoms with van der Waals surface area (Å²) >= 11 is 0.